The van der Waals surface area contributed by atoms with Crippen molar-refractivity contribution in [2.24, 2.45) is 0 Å². The summed E-state index contributed by atoms with van der Waals surface area (Å²) in [6, 6.07) is 2.05. The van der Waals surface area contributed by atoms with Gasteiger partial charge in [0.25, 0.3) is 0 Å². The van der Waals surface area contributed by atoms with E-state index in [1.807, 2.05) is 0 Å². The largest absolute Gasteiger partial charge is 0.495 e. The maximum Gasteiger partial charge on any atom is 0.141 e. The molecule has 1 aromatic carbocycles. The second-order valence-corrected chi connectivity index (χ2v) is 5.71. The summed E-state index contributed by atoms with van der Waals surface area (Å²) in [6.07, 6.45) is 7.34. The smallest absolute Gasteiger partial charge is 0.141 e. The highest BCUT2D eigenvalue weighted by molar-refractivity contribution is 6.32. The first kappa shape index (κ1) is 14.4. The second-order valence-electron chi connectivity index (χ2n) is 5.31. The topological polar surface area (TPSA) is 26.3 Å². The van der Waals surface area contributed by atoms with Crippen LogP contribution in [0.3, 0.4) is 0 Å². The highest BCUT2D eigenvalue weighted by Crippen LogP contribution is 2.41. The number of rotatable bonds is 4. The number of carbonyl (C=O) groups is 1. The maximum absolute atomic E-state index is 10.8. The lowest BCUT2D eigenvalue weighted by molar-refractivity contribution is -0.108. The molecule has 1 unspecified atom stereocenters. The summed E-state index contributed by atoms with van der Waals surface area (Å²) >= 11 is 6.35. The molecule has 1 atom stereocenters. The van der Waals surface area contributed by atoms with Gasteiger partial charge in [0.15, 0.2) is 0 Å². The zero-order valence-electron chi connectivity index (χ0n) is 11.7. The molecule has 2 rings (SSSR count). The molecular formula is C16H21ClO2. The van der Waals surface area contributed by atoms with Gasteiger partial charge in [-0.2, -0.15) is 0 Å². The number of hydrogen-bond acceptors (Lipinski definition) is 2. The zero-order chi connectivity index (χ0) is 13.8. The van der Waals surface area contributed by atoms with Crippen LogP contribution in [0.5, 0.6) is 5.75 Å². The number of aryl methyl sites for hydroxylation is 1. The van der Waals surface area contributed by atoms with Crippen LogP contribution in [0.4, 0.5) is 0 Å². The highest BCUT2D eigenvalue weighted by atomic mass is 35.5. The monoisotopic (exact) mass is 280 g/mol. The van der Waals surface area contributed by atoms with Crippen molar-refractivity contribution in [3.63, 3.8) is 0 Å². The molecule has 0 heterocycles. The van der Waals surface area contributed by atoms with Crippen LogP contribution in [0.25, 0.3) is 0 Å². The molecule has 19 heavy (non-hydrogen) atoms. The summed E-state index contributed by atoms with van der Waals surface area (Å²) in [4.78, 5) is 10.8. The molecule has 2 nitrogen and oxygen atoms in total. The van der Waals surface area contributed by atoms with Gasteiger partial charge < -0.3 is 9.53 Å². The molecule has 3 heteroatoms. The van der Waals surface area contributed by atoms with Crippen molar-refractivity contribution in [1.29, 1.82) is 0 Å². The number of carbonyl (C=O) groups excluding carboxylic acids is 1. The number of ether oxygens (including phenoxy) is 1. The Balaban J connectivity index is 2.57. The number of fused-ring (bicyclic) bond motifs is 1. The fraction of sp³-hybridized carbons (Fsp3) is 0.562. The fourth-order valence-corrected chi connectivity index (χ4v) is 3.36. The van der Waals surface area contributed by atoms with Gasteiger partial charge in [-0.05, 0) is 48.8 Å². The van der Waals surface area contributed by atoms with Gasteiger partial charge >= 0.3 is 0 Å². The fourth-order valence-electron chi connectivity index (χ4n) is 3.05. The van der Waals surface area contributed by atoms with Crippen LogP contribution in [0.15, 0.2) is 6.07 Å². The summed E-state index contributed by atoms with van der Waals surface area (Å²) in [5, 5.41) is 0.677. The minimum Gasteiger partial charge on any atom is -0.495 e. The molecule has 0 radical (unpaired) electrons. The Morgan fingerprint density at radius 2 is 2.11 bits per heavy atom. The predicted octanol–water partition coefficient (Wildman–Crippen LogP) is 4.31. The molecule has 0 saturated heterocycles. The zero-order valence-corrected chi connectivity index (χ0v) is 12.4. The molecule has 104 valence electrons. The van der Waals surface area contributed by atoms with Gasteiger partial charge in [0.1, 0.15) is 12.0 Å². The molecule has 1 aliphatic rings. The third-order valence-electron chi connectivity index (χ3n) is 3.99. The molecule has 0 fully saturated rings. The van der Waals surface area contributed by atoms with E-state index in [4.69, 9.17) is 16.3 Å². The van der Waals surface area contributed by atoms with Crippen LogP contribution in [0.2, 0.25) is 5.02 Å². The number of benzene rings is 1. The Labute approximate surface area is 120 Å². The van der Waals surface area contributed by atoms with E-state index in [0.717, 1.165) is 30.4 Å². The number of halogens is 1. The maximum atomic E-state index is 10.8. The third-order valence-corrected chi connectivity index (χ3v) is 4.28. The van der Waals surface area contributed by atoms with E-state index in [9.17, 15) is 4.79 Å². The van der Waals surface area contributed by atoms with Gasteiger partial charge in [-0.15, -0.1) is 0 Å². The Bertz CT molecular complexity index is 468. The van der Waals surface area contributed by atoms with Crippen LogP contribution in [0.1, 0.15) is 55.2 Å². The van der Waals surface area contributed by atoms with E-state index in [1.54, 1.807) is 7.11 Å². The molecule has 0 saturated carbocycles. The van der Waals surface area contributed by atoms with Crippen molar-refractivity contribution < 1.29 is 9.53 Å². The first-order valence-electron chi connectivity index (χ1n) is 7.00. The van der Waals surface area contributed by atoms with E-state index < -0.39 is 0 Å². The van der Waals surface area contributed by atoms with E-state index in [1.165, 1.54) is 30.4 Å². The Kier molecular flexibility index (Phi) is 4.87. The normalized spacial score (nSPS) is 16.4. The van der Waals surface area contributed by atoms with Crippen molar-refractivity contribution in [1.82, 2.24) is 0 Å². The highest BCUT2D eigenvalue weighted by Gasteiger charge is 2.23. The van der Waals surface area contributed by atoms with Crippen molar-refractivity contribution >= 4 is 17.9 Å². The van der Waals surface area contributed by atoms with Gasteiger partial charge in [0, 0.05) is 12.0 Å². The number of methoxy groups -OCH3 is 1. The van der Waals surface area contributed by atoms with E-state index in [0.29, 0.717) is 11.4 Å². The van der Waals surface area contributed by atoms with Crippen LogP contribution in [0, 0.1) is 0 Å². The quantitative estimate of drug-likeness (QED) is 0.607. The lowest BCUT2D eigenvalue weighted by Gasteiger charge is -2.21. The molecule has 0 bridgehead atoms. The van der Waals surface area contributed by atoms with Crippen molar-refractivity contribution in [2.75, 3.05) is 7.11 Å². The summed E-state index contributed by atoms with van der Waals surface area (Å²) in [5.41, 5.74) is 3.86. The average molecular weight is 281 g/mol. The third kappa shape index (κ3) is 2.94. The number of aldehydes is 1. The Morgan fingerprint density at radius 3 is 2.79 bits per heavy atom. The lowest BCUT2D eigenvalue weighted by atomic mass is 9.87. The molecule has 0 aliphatic heterocycles. The van der Waals surface area contributed by atoms with Crippen molar-refractivity contribution in [2.45, 2.75) is 51.4 Å². The van der Waals surface area contributed by atoms with Crippen LogP contribution in [-0.4, -0.2) is 13.4 Å². The molecule has 1 aliphatic carbocycles. The summed E-state index contributed by atoms with van der Waals surface area (Å²) in [6.45, 7) is 2.08. The molecule has 1 aromatic rings. The average Bonchev–Trinajstić information content (AvgIpc) is 2.62. The lowest BCUT2D eigenvalue weighted by Crippen LogP contribution is -2.07. The first-order chi connectivity index (χ1) is 9.19. The molecular weight excluding hydrogens is 260 g/mol. The van der Waals surface area contributed by atoms with Gasteiger partial charge in [-0.1, -0.05) is 24.9 Å². The predicted molar refractivity (Wildman–Crippen MR) is 78.4 cm³/mol. The standard InChI is InChI=1S/C16H21ClO2/c1-11(8-9-18)15-13-7-5-3-4-6-12(13)10-14(17)16(15)19-2/h9-11H,3-8H2,1-2H3. The molecule has 0 N–H and O–H groups in total. The van der Waals surface area contributed by atoms with E-state index >= 15 is 0 Å². The first-order valence-corrected chi connectivity index (χ1v) is 7.38. The van der Waals surface area contributed by atoms with Gasteiger partial charge in [0.2, 0.25) is 0 Å². The van der Waals surface area contributed by atoms with E-state index in [2.05, 4.69) is 13.0 Å². The molecule has 0 amide bonds. The summed E-state index contributed by atoms with van der Waals surface area (Å²) in [7, 11) is 1.65. The summed E-state index contributed by atoms with van der Waals surface area (Å²) < 4.78 is 5.50. The van der Waals surface area contributed by atoms with Gasteiger partial charge in [-0.3, -0.25) is 0 Å². The second kappa shape index (κ2) is 6.42. The van der Waals surface area contributed by atoms with Crippen LogP contribution < -0.4 is 4.74 Å². The van der Waals surface area contributed by atoms with E-state index in [-0.39, 0.29) is 5.92 Å². The van der Waals surface area contributed by atoms with Gasteiger partial charge in [0.05, 0.1) is 12.1 Å². The van der Waals surface area contributed by atoms with Gasteiger partial charge in [-0.25, -0.2) is 0 Å². The van der Waals surface area contributed by atoms with Crippen molar-refractivity contribution in [3.8, 4) is 5.75 Å². The number of hydrogen-bond donors (Lipinski definition) is 0. The minimum absolute atomic E-state index is 0.165. The van der Waals surface area contributed by atoms with Crippen molar-refractivity contribution in [3.05, 3.63) is 27.8 Å². The Hall–Kier alpha value is -1.02. The molecule has 0 aromatic heterocycles. The van der Waals surface area contributed by atoms with Crippen LogP contribution >= 0.6 is 11.6 Å². The molecule has 0 spiro atoms. The summed E-state index contributed by atoms with van der Waals surface area (Å²) in [5.74, 6) is 0.926. The SMILES string of the molecule is COc1c(Cl)cc2c(c1C(C)CC=O)CCCCC2. The van der Waals surface area contributed by atoms with Crippen LogP contribution in [-0.2, 0) is 17.6 Å². The minimum atomic E-state index is 0.165. The Morgan fingerprint density at radius 1 is 1.37 bits per heavy atom.